The number of benzene rings is 1. The van der Waals surface area contributed by atoms with Crippen molar-refractivity contribution in [3.05, 3.63) is 40.7 Å². The van der Waals surface area contributed by atoms with Crippen molar-refractivity contribution in [1.29, 1.82) is 0 Å². The van der Waals surface area contributed by atoms with E-state index in [-0.39, 0.29) is 11.7 Å². The Balaban J connectivity index is 2.08. The molecule has 0 bridgehead atoms. The lowest BCUT2D eigenvalue weighted by Crippen LogP contribution is -2.28. The molecule has 5 heteroatoms. The monoisotopic (exact) mass is 306 g/mol. The number of halogens is 1. The van der Waals surface area contributed by atoms with Gasteiger partial charge in [0, 0.05) is 17.0 Å². The summed E-state index contributed by atoms with van der Waals surface area (Å²) >= 11 is 1.49. The highest BCUT2D eigenvalue weighted by Gasteiger charge is 2.13. The molecule has 0 aliphatic rings. The van der Waals surface area contributed by atoms with Gasteiger partial charge in [-0.25, -0.2) is 9.37 Å². The van der Waals surface area contributed by atoms with Crippen molar-refractivity contribution in [2.45, 2.75) is 27.2 Å². The number of carbonyl (C=O) groups excluding carboxylic acids is 1. The number of carbonyl (C=O) groups is 1. The molecule has 1 aromatic heterocycles. The molecule has 0 aliphatic heterocycles. The molecule has 21 heavy (non-hydrogen) atoms. The first-order valence-electron chi connectivity index (χ1n) is 6.94. The minimum Gasteiger partial charge on any atom is -0.356 e. The van der Waals surface area contributed by atoms with Gasteiger partial charge in [-0.2, -0.15) is 0 Å². The summed E-state index contributed by atoms with van der Waals surface area (Å²) in [4.78, 5) is 17.3. The van der Waals surface area contributed by atoms with Crippen LogP contribution in [0, 0.1) is 18.7 Å². The molecule has 1 N–H and O–H groups in total. The fourth-order valence-corrected chi connectivity index (χ4v) is 2.90. The summed E-state index contributed by atoms with van der Waals surface area (Å²) in [5.74, 6) is 0.188. The number of amides is 1. The predicted molar refractivity (Wildman–Crippen MR) is 83.8 cm³/mol. The van der Waals surface area contributed by atoms with E-state index < -0.39 is 0 Å². The van der Waals surface area contributed by atoms with E-state index >= 15 is 0 Å². The van der Waals surface area contributed by atoms with Gasteiger partial charge in [0.1, 0.15) is 10.8 Å². The average Bonchev–Trinajstić information content (AvgIpc) is 2.78. The van der Waals surface area contributed by atoms with Crippen LogP contribution in [-0.2, 0) is 11.2 Å². The Morgan fingerprint density at radius 3 is 2.62 bits per heavy atom. The zero-order valence-corrected chi connectivity index (χ0v) is 13.3. The maximum Gasteiger partial charge on any atom is 0.225 e. The minimum absolute atomic E-state index is 0.0149. The van der Waals surface area contributed by atoms with Crippen LogP contribution in [-0.4, -0.2) is 17.4 Å². The first-order valence-corrected chi connectivity index (χ1v) is 7.76. The highest BCUT2D eigenvalue weighted by Crippen LogP contribution is 2.28. The Bertz CT molecular complexity index is 620. The largest absolute Gasteiger partial charge is 0.356 e. The lowest BCUT2D eigenvalue weighted by Gasteiger charge is -2.06. The molecule has 0 saturated carbocycles. The molecule has 0 unspecified atom stereocenters. The number of rotatable bonds is 5. The van der Waals surface area contributed by atoms with E-state index in [1.54, 1.807) is 12.1 Å². The number of hydrogen-bond donors (Lipinski definition) is 1. The van der Waals surface area contributed by atoms with Gasteiger partial charge in [-0.15, -0.1) is 11.3 Å². The molecule has 0 saturated heterocycles. The standard InChI is InChI=1S/C16H19FN2OS/c1-10(2)9-18-15(20)8-14-11(3)19-16(21-14)12-4-6-13(17)7-5-12/h4-7,10H,8-9H2,1-3H3,(H,18,20). The van der Waals surface area contributed by atoms with Crippen LogP contribution in [0.2, 0.25) is 0 Å². The van der Waals surface area contributed by atoms with Crippen LogP contribution in [0.1, 0.15) is 24.4 Å². The number of aromatic nitrogens is 1. The number of hydrogen-bond acceptors (Lipinski definition) is 3. The van der Waals surface area contributed by atoms with Crippen LogP contribution in [0.15, 0.2) is 24.3 Å². The Morgan fingerprint density at radius 1 is 1.33 bits per heavy atom. The van der Waals surface area contributed by atoms with Gasteiger partial charge in [0.15, 0.2) is 0 Å². The van der Waals surface area contributed by atoms with Gasteiger partial charge in [-0.3, -0.25) is 4.79 Å². The molecule has 0 fully saturated rings. The third-order valence-corrected chi connectivity index (χ3v) is 4.22. The van der Waals surface area contributed by atoms with E-state index in [9.17, 15) is 9.18 Å². The number of thiazole rings is 1. The van der Waals surface area contributed by atoms with Gasteiger partial charge in [0.25, 0.3) is 0 Å². The van der Waals surface area contributed by atoms with Gasteiger partial charge in [0.2, 0.25) is 5.91 Å². The molecule has 1 heterocycles. The zero-order valence-electron chi connectivity index (χ0n) is 12.4. The number of nitrogens with one attached hydrogen (secondary N) is 1. The van der Waals surface area contributed by atoms with Crippen molar-refractivity contribution in [2.75, 3.05) is 6.54 Å². The van der Waals surface area contributed by atoms with Crippen LogP contribution in [0.4, 0.5) is 4.39 Å². The molecule has 0 aliphatic carbocycles. The van der Waals surface area contributed by atoms with Crippen molar-refractivity contribution in [3.8, 4) is 10.6 Å². The molecule has 3 nitrogen and oxygen atoms in total. The lowest BCUT2D eigenvalue weighted by atomic mass is 10.2. The molecule has 2 aromatic rings. The first kappa shape index (κ1) is 15.6. The molecule has 1 amide bonds. The second-order valence-electron chi connectivity index (χ2n) is 5.41. The molecule has 1 aromatic carbocycles. The quantitative estimate of drug-likeness (QED) is 0.917. The van der Waals surface area contributed by atoms with E-state index in [0.29, 0.717) is 18.9 Å². The van der Waals surface area contributed by atoms with E-state index in [0.717, 1.165) is 21.1 Å². The summed E-state index contributed by atoms with van der Waals surface area (Å²) in [7, 11) is 0. The van der Waals surface area contributed by atoms with Gasteiger partial charge in [0.05, 0.1) is 12.1 Å². The van der Waals surface area contributed by atoms with Crippen LogP contribution >= 0.6 is 11.3 Å². The SMILES string of the molecule is Cc1nc(-c2ccc(F)cc2)sc1CC(=O)NCC(C)C. The Hall–Kier alpha value is -1.75. The smallest absolute Gasteiger partial charge is 0.225 e. The fourth-order valence-electron chi connectivity index (χ4n) is 1.83. The summed E-state index contributed by atoms with van der Waals surface area (Å²) < 4.78 is 12.9. The zero-order chi connectivity index (χ0) is 15.4. The van der Waals surface area contributed by atoms with Crippen LogP contribution < -0.4 is 5.32 Å². The van der Waals surface area contributed by atoms with Crippen LogP contribution in [0.5, 0.6) is 0 Å². The summed E-state index contributed by atoms with van der Waals surface area (Å²) in [6.07, 6.45) is 0.345. The maximum absolute atomic E-state index is 12.9. The molecule has 2 rings (SSSR count). The third-order valence-electron chi connectivity index (χ3n) is 3.01. The lowest BCUT2D eigenvalue weighted by molar-refractivity contribution is -0.120. The molecular formula is C16H19FN2OS. The molecule has 0 spiro atoms. The van der Waals surface area contributed by atoms with E-state index in [1.807, 2.05) is 6.92 Å². The van der Waals surface area contributed by atoms with Crippen molar-refractivity contribution in [3.63, 3.8) is 0 Å². The molecular weight excluding hydrogens is 287 g/mol. The number of nitrogens with zero attached hydrogens (tertiary/aromatic N) is 1. The summed E-state index contributed by atoms with van der Waals surface area (Å²) in [6.45, 7) is 6.70. The highest BCUT2D eigenvalue weighted by atomic mass is 32.1. The van der Waals surface area contributed by atoms with E-state index in [4.69, 9.17) is 0 Å². The van der Waals surface area contributed by atoms with Crippen LogP contribution in [0.3, 0.4) is 0 Å². The molecule has 0 radical (unpaired) electrons. The average molecular weight is 306 g/mol. The van der Waals surface area contributed by atoms with Gasteiger partial charge >= 0.3 is 0 Å². The summed E-state index contributed by atoms with van der Waals surface area (Å²) in [6, 6.07) is 6.24. The Labute approximate surface area is 128 Å². The maximum atomic E-state index is 12.9. The second-order valence-corrected chi connectivity index (χ2v) is 6.49. The minimum atomic E-state index is -0.264. The molecule has 0 atom stereocenters. The topological polar surface area (TPSA) is 42.0 Å². The summed E-state index contributed by atoms with van der Waals surface area (Å²) in [5.41, 5.74) is 1.73. The number of aryl methyl sites for hydroxylation is 1. The Morgan fingerprint density at radius 2 is 2.00 bits per heavy atom. The third kappa shape index (κ3) is 4.36. The first-order chi connectivity index (χ1) is 9.95. The predicted octanol–water partition coefficient (Wildman–Crippen LogP) is 3.57. The highest BCUT2D eigenvalue weighted by molar-refractivity contribution is 7.15. The second kappa shape index (κ2) is 6.80. The van der Waals surface area contributed by atoms with Crippen molar-refractivity contribution < 1.29 is 9.18 Å². The van der Waals surface area contributed by atoms with E-state index in [1.165, 1.54) is 23.5 Å². The van der Waals surface area contributed by atoms with Crippen molar-refractivity contribution >= 4 is 17.2 Å². The molecule has 112 valence electrons. The summed E-state index contributed by atoms with van der Waals surface area (Å²) in [5, 5.41) is 3.72. The van der Waals surface area contributed by atoms with Crippen molar-refractivity contribution in [2.24, 2.45) is 5.92 Å². The van der Waals surface area contributed by atoms with Crippen molar-refractivity contribution in [1.82, 2.24) is 10.3 Å². The van der Waals surface area contributed by atoms with Gasteiger partial charge in [-0.1, -0.05) is 13.8 Å². The van der Waals surface area contributed by atoms with Gasteiger partial charge < -0.3 is 5.32 Å². The normalized spacial score (nSPS) is 10.9. The van der Waals surface area contributed by atoms with E-state index in [2.05, 4.69) is 24.1 Å². The fraction of sp³-hybridized carbons (Fsp3) is 0.375. The van der Waals surface area contributed by atoms with Crippen LogP contribution in [0.25, 0.3) is 10.6 Å². The van der Waals surface area contributed by atoms with Gasteiger partial charge in [-0.05, 0) is 37.1 Å². The Kier molecular flexibility index (Phi) is 5.07.